The van der Waals surface area contributed by atoms with Crippen LogP contribution in [-0.2, 0) is 0 Å². The summed E-state index contributed by atoms with van der Waals surface area (Å²) in [5.74, 6) is 0. The highest BCUT2D eigenvalue weighted by atomic mass is 35.5. The third kappa shape index (κ3) is 2.60. The predicted molar refractivity (Wildman–Crippen MR) is 61.4 cm³/mol. The van der Waals surface area contributed by atoms with Crippen molar-refractivity contribution < 1.29 is 5.11 Å². The van der Waals surface area contributed by atoms with E-state index in [2.05, 4.69) is 6.58 Å². The first-order valence-electron chi connectivity index (χ1n) is 4.54. The number of hydrogen-bond donors (Lipinski definition) is 1. The number of benzene rings is 1. The molecule has 1 nitrogen and oxygen atoms in total. The summed E-state index contributed by atoms with van der Waals surface area (Å²) in [6.07, 6.45) is 1.12. The molecule has 1 aromatic rings. The Kier molecular flexibility index (Phi) is 3.35. The van der Waals surface area contributed by atoms with Crippen LogP contribution in [0.5, 0.6) is 0 Å². The lowest BCUT2D eigenvalue weighted by Gasteiger charge is -2.23. The minimum Gasteiger partial charge on any atom is -0.387 e. The van der Waals surface area contributed by atoms with E-state index in [0.717, 1.165) is 11.1 Å². The lowest BCUT2D eigenvalue weighted by atomic mass is 9.97. The Balaban J connectivity index is 2.92. The molecule has 14 heavy (non-hydrogen) atoms. The summed E-state index contributed by atoms with van der Waals surface area (Å²) >= 11 is 6.02. The highest BCUT2D eigenvalue weighted by Crippen LogP contribution is 2.30. The van der Waals surface area contributed by atoms with Gasteiger partial charge >= 0.3 is 0 Å². The number of aliphatic hydroxyl groups excluding tert-OH is 1. The molecular weight excluding hydrogens is 196 g/mol. The van der Waals surface area contributed by atoms with E-state index < -0.39 is 11.0 Å². The molecule has 0 radical (unpaired) electrons. The van der Waals surface area contributed by atoms with Crippen molar-refractivity contribution in [2.24, 2.45) is 0 Å². The second-order valence-electron chi connectivity index (χ2n) is 3.84. The maximum atomic E-state index is 9.86. The van der Waals surface area contributed by atoms with Gasteiger partial charge in [0.1, 0.15) is 0 Å². The molecule has 1 N–H and O–H groups in total. The fraction of sp³-hybridized carbons (Fsp3) is 0.333. The predicted octanol–water partition coefficient (Wildman–Crippen LogP) is 3.38. The van der Waals surface area contributed by atoms with E-state index in [4.69, 9.17) is 11.6 Å². The highest BCUT2D eigenvalue weighted by Gasteiger charge is 2.25. The monoisotopic (exact) mass is 210 g/mol. The van der Waals surface area contributed by atoms with Crippen molar-refractivity contribution in [3.63, 3.8) is 0 Å². The highest BCUT2D eigenvalue weighted by molar-refractivity contribution is 6.23. The molecule has 1 unspecified atom stereocenters. The molecule has 0 aliphatic heterocycles. The van der Waals surface area contributed by atoms with Gasteiger partial charge in [-0.1, -0.05) is 36.9 Å². The van der Waals surface area contributed by atoms with Crippen LogP contribution < -0.4 is 0 Å². The first-order chi connectivity index (χ1) is 6.45. The van der Waals surface area contributed by atoms with E-state index in [-0.39, 0.29) is 0 Å². The molecule has 0 saturated heterocycles. The summed E-state index contributed by atoms with van der Waals surface area (Å²) in [6, 6.07) is 7.56. The molecule has 0 amide bonds. The Hall–Kier alpha value is -0.790. The molecule has 0 fully saturated rings. The van der Waals surface area contributed by atoms with Gasteiger partial charge in [-0.05, 0) is 25.0 Å². The normalized spacial score (nSPS) is 13.7. The number of halogens is 1. The minimum absolute atomic E-state index is 0.643. The van der Waals surface area contributed by atoms with E-state index in [9.17, 15) is 5.11 Å². The van der Waals surface area contributed by atoms with Crippen molar-refractivity contribution >= 4 is 17.7 Å². The second-order valence-corrected chi connectivity index (χ2v) is 4.81. The van der Waals surface area contributed by atoms with Crippen LogP contribution >= 0.6 is 11.6 Å². The first kappa shape index (κ1) is 11.3. The van der Waals surface area contributed by atoms with Gasteiger partial charge in [0.15, 0.2) is 0 Å². The molecule has 0 bridgehead atoms. The molecule has 1 aromatic carbocycles. The molecule has 0 aromatic heterocycles. The van der Waals surface area contributed by atoms with Crippen molar-refractivity contribution in [2.45, 2.75) is 24.8 Å². The van der Waals surface area contributed by atoms with Crippen molar-refractivity contribution in [2.75, 3.05) is 0 Å². The van der Waals surface area contributed by atoms with Crippen LogP contribution in [0.25, 0.3) is 6.08 Å². The molecule has 0 saturated carbocycles. The van der Waals surface area contributed by atoms with E-state index in [1.54, 1.807) is 19.9 Å². The summed E-state index contributed by atoms with van der Waals surface area (Å²) in [4.78, 5) is -0.643. The standard InChI is InChI=1S/C12H15ClO/c1-4-9-5-7-10(8-6-9)11(14)12(2,3)13/h4-8,11,14H,1H2,2-3H3. The van der Waals surface area contributed by atoms with Gasteiger partial charge in [-0.15, -0.1) is 11.6 Å². The lowest BCUT2D eigenvalue weighted by Crippen LogP contribution is -2.21. The maximum absolute atomic E-state index is 9.86. The topological polar surface area (TPSA) is 20.2 Å². The van der Waals surface area contributed by atoms with E-state index in [1.165, 1.54) is 0 Å². The van der Waals surface area contributed by atoms with Gasteiger partial charge in [-0.25, -0.2) is 0 Å². The van der Waals surface area contributed by atoms with Gasteiger partial charge < -0.3 is 5.11 Å². The zero-order chi connectivity index (χ0) is 10.8. The smallest absolute Gasteiger partial charge is 0.0976 e. The van der Waals surface area contributed by atoms with Crippen LogP contribution in [0, 0.1) is 0 Å². The van der Waals surface area contributed by atoms with E-state index in [0.29, 0.717) is 0 Å². The molecule has 1 atom stereocenters. The molecule has 0 heterocycles. The molecule has 2 heteroatoms. The summed E-state index contributed by atoms with van der Waals surface area (Å²) in [5, 5.41) is 9.86. The zero-order valence-corrected chi connectivity index (χ0v) is 9.25. The van der Waals surface area contributed by atoms with Gasteiger partial charge in [0.05, 0.1) is 11.0 Å². The molecule has 0 aliphatic carbocycles. The molecule has 0 spiro atoms. The lowest BCUT2D eigenvalue weighted by molar-refractivity contribution is 0.141. The van der Waals surface area contributed by atoms with Crippen LogP contribution in [0.4, 0.5) is 0 Å². The van der Waals surface area contributed by atoms with Crippen LogP contribution in [0.2, 0.25) is 0 Å². The van der Waals surface area contributed by atoms with Gasteiger partial charge in [0, 0.05) is 0 Å². The average molecular weight is 211 g/mol. The Morgan fingerprint density at radius 1 is 1.36 bits per heavy atom. The first-order valence-corrected chi connectivity index (χ1v) is 4.92. The minimum atomic E-state index is -0.650. The average Bonchev–Trinajstić information content (AvgIpc) is 2.15. The Labute approximate surface area is 90.0 Å². The van der Waals surface area contributed by atoms with E-state index >= 15 is 0 Å². The Morgan fingerprint density at radius 2 is 1.86 bits per heavy atom. The van der Waals surface area contributed by atoms with Gasteiger partial charge in [0.25, 0.3) is 0 Å². The number of aliphatic hydroxyl groups is 1. The molecule has 76 valence electrons. The molecule has 0 aliphatic rings. The largest absolute Gasteiger partial charge is 0.387 e. The quantitative estimate of drug-likeness (QED) is 0.759. The SMILES string of the molecule is C=Cc1ccc(C(O)C(C)(C)Cl)cc1. The summed E-state index contributed by atoms with van der Waals surface area (Å²) < 4.78 is 0. The van der Waals surface area contributed by atoms with Crippen LogP contribution in [0.1, 0.15) is 31.1 Å². The summed E-state index contributed by atoms with van der Waals surface area (Å²) in [6.45, 7) is 7.25. The van der Waals surface area contributed by atoms with Crippen LogP contribution in [0.15, 0.2) is 30.8 Å². The fourth-order valence-corrected chi connectivity index (χ4v) is 1.34. The van der Waals surface area contributed by atoms with Crippen molar-refractivity contribution in [1.29, 1.82) is 0 Å². The van der Waals surface area contributed by atoms with Crippen LogP contribution in [-0.4, -0.2) is 9.98 Å². The van der Waals surface area contributed by atoms with Crippen LogP contribution in [0.3, 0.4) is 0 Å². The summed E-state index contributed by atoms with van der Waals surface area (Å²) in [7, 11) is 0. The third-order valence-corrected chi connectivity index (χ3v) is 2.34. The van der Waals surface area contributed by atoms with Gasteiger partial charge in [-0.2, -0.15) is 0 Å². The molecule has 1 rings (SSSR count). The van der Waals surface area contributed by atoms with Crippen molar-refractivity contribution in [1.82, 2.24) is 0 Å². The van der Waals surface area contributed by atoms with E-state index in [1.807, 2.05) is 24.3 Å². The van der Waals surface area contributed by atoms with Gasteiger partial charge in [-0.3, -0.25) is 0 Å². The fourth-order valence-electron chi connectivity index (χ4n) is 1.21. The summed E-state index contributed by atoms with van der Waals surface area (Å²) in [5.41, 5.74) is 1.86. The number of alkyl halides is 1. The third-order valence-electron chi connectivity index (χ3n) is 2.14. The molecular formula is C12H15ClO. The van der Waals surface area contributed by atoms with Crippen molar-refractivity contribution in [3.05, 3.63) is 42.0 Å². The zero-order valence-electron chi connectivity index (χ0n) is 8.50. The maximum Gasteiger partial charge on any atom is 0.0976 e. The number of rotatable bonds is 3. The van der Waals surface area contributed by atoms with Crippen molar-refractivity contribution in [3.8, 4) is 0 Å². The second kappa shape index (κ2) is 4.16. The van der Waals surface area contributed by atoms with Gasteiger partial charge in [0.2, 0.25) is 0 Å². The number of hydrogen-bond acceptors (Lipinski definition) is 1. The Bertz CT molecular complexity index is 308. The Morgan fingerprint density at radius 3 is 2.21 bits per heavy atom.